The van der Waals surface area contributed by atoms with E-state index in [4.69, 9.17) is 23.2 Å². The van der Waals surface area contributed by atoms with E-state index in [9.17, 15) is 4.79 Å². The molecule has 5 heteroatoms. The van der Waals surface area contributed by atoms with Gasteiger partial charge in [-0.25, -0.2) is 0 Å². The molecule has 1 aliphatic heterocycles. The van der Waals surface area contributed by atoms with Gasteiger partial charge in [0.25, 0.3) is 5.91 Å². The summed E-state index contributed by atoms with van der Waals surface area (Å²) in [6.07, 6.45) is 0.997. The molecule has 102 valence electrons. The van der Waals surface area contributed by atoms with E-state index in [1.165, 1.54) is 5.56 Å². The normalized spacial score (nSPS) is 12.7. The van der Waals surface area contributed by atoms with Crippen LogP contribution in [0.15, 0.2) is 36.4 Å². The SMILES string of the molecule is O=C(Nc1cc(Cl)ccc1Cl)c1ccc2c(c1)NCC2. The Balaban J connectivity index is 1.84. The lowest BCUT2D eigenvalue weighted by atomic mass is 10.1. The standard InChI is InChI=1S/C15H12Cl2N2O/c16-11-3-4-12(17)14(8-11)19-15(20)10-2-1-9-5-6-18-13(9)7-10/h1-4,7-8,18H,5-6H2,(H,19,20). The van der Waals surface area contributed by atoms with Gasteiger partial charge in [-0.2, -0.15) is 0 Å². The van der Waals surface area contributed by atoms with Crippen LogP contribution in [0.2, 0.25) is 10.0 Å². The lowest BCUT2D eigenvalue weighted by molar-refractivity contribution is 0.102. The first kappa shape index (κ1) is 13.3. The average Bonchev–Trinajstić information content (AvgIpc) is 2.90. The summed E-state index contributed by atoms with van der Waals surface area (Å²) in [6.45, 7) is 0.917. The number of amides is 1. The molecule has 2 N–H and O–H groups in total. The number of rotatable bonds is 2. The zero-order valence-corrected chi connectivity index (χ0v) is 12.1. The summed E-state index contributed by atoms with van der Waals surface area (Å²) in [5.74, 6) is -0.203. The largest absolute Gasteiger partial charge is 0.384 e. The molecule has 0 unspecified atom stereocenters. The number of fused-ring (bicyclic) bond motifs is 1. The van der Waals surface area contributed by atoms with Gasteiger partial charge in [-0.3, -0.25) is 4.79 Å². The monoisotopic (exact) mass is 306 g/mol. The molecule has 2 aromatic carbocycles. The minimum atomic E-state index is -0.203. The molecule has 20 heavy (non-hydrogen) atoms. The Morgan fingerprint density at radius 2 is 2.00 bits per heavy atom. The maximum Gasteiger partial charge on any atom is 0.255 e. The number of anilines is 2. The van der Waals surface area contributed by atoms with Crippen molar-refractivity contribution in [3.05, 3.63) is 57.6 Å². The molecule has 1 aliphatic rings. The third kappa shape index (κ3) is 2.60. The quantitative estimate of drug-likeness (QED) is 0.872. The van der Waals surface area contributed by atoms with Crippen LogP contribution in [0.25, 0.3) is 0 Å². The van der Waals surface area contributed by atoms with Crippen molar-refractivity contribution in [2.75, 3.05) is 17.2 Å². The van der Waals surface area contributed by atoms with Crippen LogP contribution in [0.1, 0.15) is 15.9 Å². The van der Waals surface area contributed by atoms with Crippen molar-refractivity contribution >= 4 is 40.5 Å². The number of carbonyl (C=O) groups excluding carboxylic acids is 1. The Labute approximate surface area is 126 Å². The Morgan fingerprint density at radius 3 is 2.85 bits per heavy atom. The molecule has 0 fully saturated rings. The van der Waals surface area contributed by atoms with Gasteiger partial charge in [0.1, 0.15) is 0 Å². The molecule has 0 saturated carbocycles. The summed E-state index contributed by atoms with van der Waals surface area (Å²) in [7, 11) is 0. The maximum absolute atomic E-state index is 12.2. The van der Waals surface area contributed by atoms with Crippen LogP contribution >= 0.6 is 23.2 Å². The molecule has 0 spiro atoms. The van der Waals surface area contributed by atoms with Gasteiger partial charge in [0.15, 0.2) is 0 Å². The first-order valence-electron chi connectivity index (χ1n) is 6.27. The van der Waals surface area contributed by atoms with Crippen molar-refractivity contribution < 1.29 is 4.79 Å². The van der Waals surface area contributed by atoms with E-state index in [-0.39, 0.29) is 5.91 Å². The van der Waals surface area contributed by atoms with E-state index >= 15 is 0 Å². The number of carbonyl (C=O) groups is 1. The van der Waals surface area contributed by atoms with Gasteiger partial charge < -0.3 is 10.6 Å². The molecular formula is C15H12Cl2N2O. The summed E-state index contributed by atoms with van der Waals surface area (Å²) in [5.41, 5.74) is 3.36. The first-order valence-corrected chi connectivity index (χ1v) is 7.02. The zero-order chi connectivity index (χ0) is 14.1. The molecule has 0 saturated heterocycles. The number of halogens is 2. The van der Waals surface area contributed by atoms with Crippen molar-refractivity contribution in [3.8, 4) is 0 Å². The van der Waals surface area contributed by atoms with E-state index in [2.05, 4.69) is 10.6 Å². The second kappa shape index (κ2) is 5.35. The topological polar surface area (TPSA) is 41.1 Å². The summed E-state index contributed by atoms with van der Waals surface area (Å²) in [4.78, 5) is 12.2. The summed E-state index contributed by atoms with van der Waals surface area (Å²) in [5, 5.41) is 7.02. The van der Waals surface area contributed by atoms with Crippen LogP contribution in [0.5, 0.6) is 0 Å². The van der Waals surface area contributed by atoms with E-state index in [1.807, 2.05) is 18.2 Å². The summed E-state index contributed by atoms with van der Waals surface area (Å²) >= 11 is 11.9. The van der Waals surface area contributed by atoms with Gasteiger partial charge in [0.05, 0.1) is 10.7 Å². The maximum atomic E-state index is 12.2. The van der Waals surface area contributed by atoms with Gasteiger partial charge in [-0.05, 0) is 42.3 Å². The Hall–Kier alpha value is -1.71. The Morgan fingerprint density at radius 1 is 1.15 bits per heavy atom. The van der Waals surface area contributed by atoms with Crippen molar-refractivity contribution in [2.24, 2.45) is 0 Å². The fourth-order valence-electron chi connectivity index (χ4n) is 2.22. The van der Waals surface area contributed by atoms with E-state index in [1.54, 1.807) is 18.2 Å². The molecule has 1 heterocycles. The molecule has 0 aliphatic carbocycles. The smallest absolute Gasteiger partial charge is 0.255 e. The highest BCUT2D eigenvalue weighted by Gasteiger charge is 2.14. The van der Waals surface area contributed by atoms with Crippen LogP contribution in [0, 0.1) is 0 Å². The highest BCUT2D eigenvalue weighted by atomic mass is 35.5. The molecule has 3 rings (SSSR count). The number of hydrogen-bond donors (Lipinski definition) is 2. The van der Waals surface area contributed by atoms with E-state index < -0.39 is 0 Å². The molecule has 1 amide bonds. The van der Waals surface area contributed by atoms with Crippen LogP contribution in [-0.4, -0.2) is 12.5 Å². The molecular weight excluding hydrogens is 295 g/mol. The summed E-state index contributed by atoms with van der Waals surface area (Å²) in [6, 6.07) is 10.6. The number of nitrogens with one attached hydrogen (secondary N) is 2. The van der Waals surface area contributed by atoms with Crippen molar-refractivity contribution in [1.82, 2.24) is 0 Å². The second-order valence-corrected chi connectivity index (χ2v) is 5.47. The fourth-order valence-corrected chi connectivity index (χ4v) is 2.56. The lowest BCUT2D eigenvalue weighted by Gasteiger charge is -2.09. The number of benzene rings is 2. The van der Waals surface area contributed by atoms with Crippen molar-refractivity contribution in [3.63, 3.8) is 0 Å². The predicted octanol–water partition coefficient (Wildman–Crippen LogP) is 4.21. The molecule has 0 atom stereocenters. The van der Waals surface area contributed by atoms with Gasteiger partial charge in [-0.15, -0.1) is 0 Å². The average molecular weight is 307 g/mol. The zero-order valence-electron chi connectivity index (χ0n) is 10.5. The van der Waals surface area contributed by atoms with Crippen LogP contribution in [-0.2, 0) is 6.42 Å². The molecule has 2 aromatic rings. The van der Waals surface area contributed by atoms with Gasteiger partial charge in [-0.1, -0.05) is 29.3 Å². The second-order valence-electron chi connectivity index (χ2n) is 4.63. The van der Waals surface area contributed by atoms with Crippen LogP contribution < -0.4 is 10.6 Å². The van der Waals surface area contributed by atoms with Gasteiger partial charge in [0.2, 0.25) is 0 Å². The highest BCUT2D eigenvalue weighted by Crippen LogP contribution is 2.27. The molecule has 0 radical (unpaired) electrons. The molecule has 0 aromatic heterocycles. The molecule has 0 bridgehead atoms. The highest BCUT2D eigenvalue weighted by molar-refractivity contribution is 6.35. The van der Waals surface area contributed by atoms with Gasteiger partial charge >= 0.3 is 0 Å². The van der Waals surface area contributed by atoms with E-state index in [0.29, 0.717) is 21.3 Å². The summed E-state index contributed by atoms with van der Waals surface area (Å²) < 4.78 is 0. The van der Waals surface area contributed by atoms with Crippen molar-refractivity contribution in [2.45, 2.75) is 6.42 Å². The van der Waals surface area contributed by atoms with Crippen molar-refractivity contribution in [1.29, 1.82) is 0 Å². The predicted molar refractivity (Wildman–Crippen MR) is 83.1 cm³/mol. The van der Waals surface area contributed by atoms with E-state index in [0.717, 1.165) is 18.7 Å². The minimum absolute atomic E-state index is 0.203. The lowest BCUT2D eigenvalue weighted by Crippen LogP contribution is -2.12. The Kier molecular flexibility index (Phi) is 3.55. The third-order valence-corrected chi connectivity index (χ3v) is 3.82. The first-order chi connectivity index (χ1) is 9.63. The van der Waals surface area contributed by atoms with Crippen LogP contribution in [0.4, 0.5) is 11.4 Å². The van der Waals surface area contributed by atoms with Gasteiger partial charge in [0, 0.05) is 22.8 Å². The fraction of sp³-hybridized carbons (Fsp3) is 0.133. The number of hydrogen-bond acceptors (Lipinski definition) is 2. The Bertz CT molecular complexity index is 686. The molecule has 3 nitrogen and oxygen atoms in total. The minimum Gasteiger partial charge on any atom is -0.384 e. The van der Waals surface area contributed by atoms with Crippen LogP contribution in [0.3, 0.4) is 0 Å². The third-order valence-electron chi connectivity index (χ3n) is 3.26.